The van der Waals surface area contributed by atoms with Crippen molar-refractivity contribution < 1.29 is 14.3 Å². The number of imidazole rings is 1. The minimum Gasteiger partial charge on any atom is -0.453 e. The van der Waals surface area contributed by atoms with Crippen molar-refractivity contribution in [3.8, 4) is 0 Å². The molecular weight excluding hydrogens is 272 g/mol. The first-order chi connectivity index (χ1) is 10.2. The van der Waals surface area contributed by atoms with E-state index in [1.165, 1.54) is 7.11 Å². The van der Waals surface area contributed by atoms with Crippen molar-refractivity contribution in [1.29, 1.82) is 0 Å². The highest BCUT2D eigenvalue weighted by molar-refractivity contribution is 5.83. The summed E-state index contributed by atoms with van der Waals surface area (Å²) in [6.07, 6.45) is 2.99. The second-order valence-electron chi connectivity index (χ2n) is 4.93. The van der Waals surface area contributed by atoms with Crippen LogP contribution in [-0.2, 0) is 4.74 Å². The summed E-state index contributed by atoms with van der Waals surface area (Å²) in [5, 5.41) is 2.77. The van der Waals surface area contributed by atoms with Crippen LogP contribution < -0.4 is 10.2 Å². The maximum atomic E-state index is 11.4. The smallest absolute Gasteiger partial charge is 0.407 e. The van der Waals surface area contributed by atoms with Crippen LogP contribution in [0.25, 0.3) is 5.65 Å². The third-order valence-corrected chi connectivity index (χ3v) is 3.65. The zero-order chi connectivity index (χ0) is 14.8. The number of ether oxygens (including phenoxy) is 1. The van der Waals surface area contributed by atoms with Gasteiger partial charge in [0.2, 0.25) is 0 Å². The highest BCUT2D eigenvalue weighted by Crippen LogP contribution is 2.24. The van der Waals surface area contributed by atoms with Gasteiger partial charge in [0, 0.05) is 19.3 Å². The Morgan fingerprint density at radius 2 is 2.38 bits per heavy atom. The van der Waals surface area contributed by atoms with Gasteiger partial charge < -0.3 is 15.0 Å². The van der Waals surface area contributed by atoms with Crippen LogP contribution in [-0.4, -0.2) is 48.0 Å². The van der Waals surface area contributed by atoms with Gasteiger partial charge in [-0.1, -0.05) is 6.07 Å². The van der Waals surface area contributed by atoms with E-state index in [0.717, 1.165) is 24.9 Å². The minimum absolute atomic E-state index is 0.00163. The standard InChI is InChI=1S/C14H16N4O3/c1-21-14(20)15-10-5-7-17(8-10)13-11(9-19)18-6-3-2-4-12(18)16-13/h2-4,6,9-10H,5,7-8H2,1H3,(H,15,20). The fraction of sp³-hybridized carbons (Fsp3) is 0.357. The van der Waals surface area contributed by atoms with Gasteiger partial charge in [-0.05, 0) is 18.6 Å². The molecule has 0 aromatic carbocycles. The molecule has 0 saturated carbocycles. The number of pyridine rings is 1. The quantitative estimate of drug-likeness (QED) is 0.855. The van der Waals surface area contributed by atoms with E-state index in [1.807, 2.05) is 29.3 Å². The van der Waals surface area contributed by atoms with Crippen LogP contribution in [0.1, 0.15) is 16.9 Å². The molecule has 0 bridgehead atoms. The largest absolute Gasteiger partial charge is 0.453 e. The van der Waals surface area contributed by atoms with E-state index in [1.54, 1.807) is 4.40 Å². The Balaban J connectivity index is 1.85. The van der Waals surface area contributed by atoms with Crippen molar-refractivity contribution in [1.82, 2.24) is 14.7 Å². The maximum absolute atomic E-state index is 11.4. The molecule has 3 rings (SSSR count). The molecular formula is C14H16N4O3. The molecule has 1 atom stereocenters. The lowest BCUT2D eigenvalue weighted by atomic mass is 10.3. The van der Waals surface area contributed by atoms with E-state index >= 15 is 0 Å². The van der Waals surface area contributed by atoms with Gasteiger partial charge in [0.15, 0.2) is 12.1 Å². The Bertz CT molecular complexity index is 682. The van der Waals surface area contributed by atoms with Gasteiger partial charge in [0.05, 0.1) is 13.2 Å². The van der Waals surface area contributed by atoms with Crippen molar-refractivity contribution in [3.63, 3.8) is 0 Å². The number of carbonyl (C=O) groups excluding carboxylic acids is 2. The molecule has 0 aliphatic carbocycles. The number of amides is 1. The third-order valence-electron chi connectivity index (χ3n) is 3.65. The van der Waals surface area contributed by atoms with E-state index < -0.39 is 6.09 Å². The molecule has 2 aromatic heterocycles. The van der Waals surface area contributed by atoms with E-state index in [-0.39, 0.29) is 6.04 Å². The van der Waals surface area contributed by atoms with Crippen LogP contribution in [0.15, 0.2) is 24.4 Å². The van der Waals surface area contributed by atoms with Crippen LogP contribution in [0.4, 0.5) is 10.6 Å². The highest BCUT2D eigenvalue weighted by atomic mass is 16.5. The lowest BCUT2D eigenvalue weighted by Gasteiger charge is -2.16. The Kier molecular flexibility index (Phi) is 3.47. The highest BCUT2D eigenvalue weighted by Gasteiger charge is 2.28. The number of alkyl carbamates (subject to hydrolysis) is 1. The summed E-state index contributed by atoms with van der Waals surface area (Å²) in [4.78, 5) is 29.2. The number of nitrogens with one attached hydrogen (secondary N) is 1. The molecule has 2 aromatic rings. The van der Waals surface area contributed by atoms with Gasteiger partial charge in [0.1, 0.15) is 11.3 Å². The topological polar surface area (TPSA) is 75.9 Å². The Hall–Kier alpha value is -2.57. The Labute approximate surface area is 121 Å². The number of aromatic nitrogens is 2. The van der Waals surface area contributed by atoms with Crippen molar-refractivity contribution >= 4 is 23.8 Å². The predicted molar refractivity (Wildman–Crippen MR) is 76.7 cm³/mol. The zero-order valence-electron chi connectivity index (χ0n) is 11.7. The van der Waals surface area contributed by atoms with Crippen molar-refractivity contribution in [2.24, 2.45) is 0 Å². The normalized spacial score (nSPS) is 18.0. The summed E-state index contributed by atoms with van der Waals surface area (Å²) in [6.45, 7) is 1.35. The fourth-order valence-corrected chi connectivity index (χ4v) is 2.64. The second-order valence-corrected chi connectivity index (χ2v) is 4.93. The molecule has 1 saturated heterocycles. The zero-order valence-corrected chi connectivity index (χ0v) is 11.7. The molecule has 1 amide bonds. The lowest BCUT2D eigenvalue weighted by molar-refractivity contribution is 0.111. The lowest BCUT2D eigenvalue weighted by Crippen LogP contribution is -2.37. The molecule has 1 fully saturated rings. The predicted octanol–water partition coefficient (Wildman–Crippen LogP) is 1.08. The summed E-state index contributed by atoms with van der Waals surface area (Å²) in [6, 6.07) is 5.60. The molecule has 21 heavy (non-hydrogen) atoms. The molecule has 1 aliphatic rings. The van der Waals surface area contributed by atoms with Gasteiger partial charge in [0.25, 0.3) is 0 Å². The number of carbonyl (C=O) groups is 2. The van der Waals surface area contributed by atoms with E-state index in [0.29, 0.717) is 18.1 Å². The van der Waals surface area contributed by atoms with Crippen LogP contribution in [0.5, 0.6) is 0 Å². The van der Waals surface area contributed by atoms with Gasteiger partial charge in [-0.3, -0.25) is 9.20 Å². The number of aldehydes is 1. The first-order valence-corrected chi connectivity index (χ1v) is 6.74. The van der Waals surface area contributed by atoms with E-state index in [9.17, 15) is 9.59 Å². The fourth-order valence-electron chi connectivity index (χ4n) is 2.64. The first kappa shape index (κ1) is 13.4. The minimum atomic E-state index is -0.438. The summed E-state index contributed by atoms with van der Waals surface area (Å²) >= 11 is 0. The molecule has 7 nitrogen and oxygen atoms in total. The number of hydrogen-bond donors (Lipinski definition) is 1. The molecule has 1 unspecified atom stereocenters. The number of fused-ring (bicyclic) bond motifs is 1. The summed E-state index contributed by atoms with van der Waals surface area (Å²) in [7, 11) is 1.34. The van der Waals surface area contributed by atoms with Gasteiger partial charge in [-0.15, -0.1) is 0 Å². The molecule has 7 heteroatoms. The molecule has 0 radical (unpaired) electrons. The number of anilines is 1. The monoisotopic (exact) mass is 288 g/mol. The Morgan fingerprint density at radius 3 is 3.14 bits per heavy atom. The molecule has 110 valence electrons. The van der Waals surface area contributed by atoms with Crippen molar-refractivity contribution in [2.45, 2.75) is 12.5 Å². The van der Waals surface area contributed by atoms with Crippen LogP contribution in [0.2, 0.25) is 0 Å². The summed E-state index contributed by atoms with van der Waals surface area (Å²) < 4.78 is 6.37. The maximum Gasteiger partial charge on any atom is 0.407 e. The number of nitrogens with zero attached hydrogens (tertiary/aromatic N) is 3. The second kappa shape index (κ2) is 5.43. The summed E-state index contributed by atoms with van der Waals surface area (Å²) in [5.74, 6) is 0.658. The number of methoxy groups -OCH3 is 1. The third kappa shape index (κ3) is 2.42. The van der Waals surface area contributed by atoms with Crippen LogP contribution >= 0.6 is 0 Å². The average molecular weight is 288 g/mol. The molecule has 3 heterocycles. The Morgan fingerprint density at radius 1 is 1.52 bits per heavy atom. The van der Waals surface area contributed by atoms with Gasteiger partial charge >= 0.3 is 6.09 Å². The van der Waals surface area contributed by atoms with Gasteiger partial charge in [-0.2, -0.15) is 0 Å². The van der Waals surface area contributed by atoms with E-state index in [4.69, 9.17) is 0 Å². The molecule has 0 spiro atoms. The first-order valence-electron chi connectivity index (χ1n) is 6.74. The van der Waals surface area contributed by atoms with Gasteiger partial charge in [-0.25, -0.2) is 9.78 Å². The molecule has 1 N–H and O–H groups in total. The molecule has 1 aliphatic heterocycles. The van der Waals surface area contributed by atoms with Crippen LogP contribution in [0, 0.1) is 0 Å². The van der Waals surface area contributed by atoms with E-state index in [2.05, 4.69) is 15.0 Å². The van der Waals surface area contributed by atoms with Crippen LogP contribution in [0.3, 0.4) is 0 Å². The summed E-state index contributed by atoms with van der Waals surface area (Å²) in [5.41, 5.74) is 1.27. The number of rotatable bonds is 3. The number of hydrogen-bond acceptors (Lipinski definition) is 5. The SMILES string of the molecule is COC(=O)NC1CCN(c2nc3ccccn3c2C=O)C1. The average Bonchev–Trinajstić information content (AvgIpc) is 3.10. The van der Waals surface area contributed by atoms with Crippen molar-refractivity contribution in [3.05, 3.63) is 30.1 Å². The van der Waals surface area contributed by atoms with Crippen molar-refractivity contribution in [2.75, 3.05) is 25.1 Å².